The molecule has 0 bridgehead atoms. The Hall–Kier alpha value is -3.29. The second kappa shape index (κ2) is 9.02. The van der Waals surface area contributed by atoms with E-state index in [1.807, 2.05) is 68.1 Å². The first kappa shape index (κ1) is 21.4. The van der Waals surface area contributed by atoms with Crippen molar-refractivity contribution in [2.24, 2.45) is 12.1 Å². The number of carbonyl (C=O) groups excluding carboxylic acids is 2. The first-order valence-electron chi connectivity index (χ1n) is 9.97. The summed E-state index contributed by atoms with van der Waals surface area (Å²) in [4.78, 5) is 26.8. The molecule has 0 fully saturated rings. The van der Waals surface area contributed by atoms with Gasteiger partial charge in [-0.05, 0) is 32.0 Å². The molecule has 1 N–H and O–H groups in total. The maximum atomic E-state index is 13.2. The smallest absolute Gasteiger partial charge is 0.317 e. The Bertz CT molecular complexity index is 950. The van der Waals surface area contributed by atoms with Gasteiger partial charge >= 0.3 is 6.03 Å². The molecule has 1 aliphatic heterocycles. The Labute approximate surface area is 177 Å². The average molecular weight is 412 g/mol. The first-order valence-corrected chi connectivity index (χ1v) is 9.97. The summed E-state index contributed by atoms with van der Waals surface area (Å²) in [5.41, 5.74) is 2.66. The number of aromatic nitrogens is 1. The highest BCUT2D eigenvalue weighted by molar-refractivity contribution is 6.02. The van der Waals surface area contributed by atoms with Crippen molar-refractivity contribution in [2.45, 2.75) is 32.4 Å². The number of amides is 3. The van der Waals surface area contributed by atoms with E-state index in [0.29, 0.717) is 12.2 Å². The number of hydrogen-bond acceptors (Lipinski definition) is 4. The Morgan fingerprint density at radius 1 is 1.27 bits per heavy atom. The summed E-state index contributed by atoms with van der Waals surface area (Å²) >= 11 is 0. The number of carbonyl (C=O) groups is 2. The molecule has 160 valence electrons. The molecule has 1 unspecified atom stereocenters. The van der Waals surface area contributed by atoms with Gasteiger partial charge in [0.1, 0.15) is 12.3 Å². The van der Waals surface area contributed by atoms with E-state index in [9.17, 15) is 9.59 Å². The van der Waals surface area contributed by atoms with Crippen LogP contribution >= 0.6 is 0 Å². The van der Waals surface area contributed by atoms with Crippen LogP contribution in [0.3, 0.4) is 0 Å². The highest BCUT2D eigenvalue weighted by atomic mass is 16.5. The number of nitrogens with zero attached hydrogens (tertiary/aromatic N) is 4. The average Bonchev–Trinajstić information content (AvgIpc) is 3.33. The molecule has 0 aliphatic carbocycles. The minimum absolute atomic E-state index is 0.00914. The van der Waals surface area contributed by atoms with Crippen molar-refractivity contribution in [3.05, 3.63) is 53.9 Å². The molecule has 0 saturated heterocycles. The molecule has 0 saturated carbocycles. The van der Waals surface area contributed by atoms with Gasteiger partial charge in [-0.3, -0.25) is 4.79 Å². The summed E-state index contributed by atoms with van der Waals surface area (Å²) in [6.45, 7) is 3.68. The van der Waals surface area contributed by atoms with Gasteiger partial charge in [-0.15, -0.1) is 0 Å². The topological polar surface area (TPSA) is 79.2 Å². The quantitative estimate of drug-likeness (QED) is 0.794. The van der Waals surface area contributed by atoms with E-state index in [1.165, 1.54) is 9.91 Å². The largest absolute Gasteiger partial charge is 0.496 e. The fraction of sp³-hybridized carbons (Fsp3) is 0.409. The Balaban J connectivity index is 1.90. The Morgan fingerprint density at radius 3 is 2.63 bits per heavy atom. The second-order valence-corrected chi connectivity index (χ2v) is 7.71. The SMILES string of the molecule is COc1ccccc1C1CC(c2cccn2C)=NN1C(=O)CN(C)C(=O)NC(C)C. The van der Waals surface area contributed by atoms with Gasteiger partial charge in [-0.25, -0.2) is 9.80 Å². The molecule has 0 spiro atoms. The Kier molecular flexibility index (Phi) is 6.44. The number of rotatable bonds is 6. The van der Waals surface area contributed by atoms with Crippen LogP contribution in [0.25, 0.3) is 0 Å². The highest BCUT2D eigenvalue weighted by Crippen LogP contribution is 2.37. The van der Waals surface area contributed by atoms with E-state index in [4.69, 9.17) is 4.74 Å². The minimum Gasteiger partial charge on any atom is -0.496 e. The lowest BCUT2D eigenvalue weighted by atomic mass is 9.99. The first-order chi connectivity index (χ1) is 14.3. The molecule has 8 heteroatoms. The zero-order valence-electron chi connectivity index (χ0n) is 18.1. The summed E-state index contributed by atoms with van der Waals surface area (Å²) in [6.07, 6.45) is 2.51. The van der Waals surface area contributed by atoms with Crippen LogP contribution in [-0.4, -0.2) is 58.9 Å². The molecule has 1 aliphatic rings. The molecule has 2 aromatic rings. The number of aryl methyl sites for hydroxylation is 1. The van der Waals surface area contributed by atoms with Crippen LogP contribution in [-0.2, 0) is 11.8 Å². The van der Waals surface area contributed by atoms with E-state index in [0.717, 1.165) is 17.0 Å². The van der Waals surface area contributed by atoms with Crippen molar-refractivity contribution in [2.75, 3.05) is 20.7 Å². The molecule has 3 rings (SSSR count). The molecule has 1 aromatic heterocycles. The summed E-state index contributed by atoms with van der Waals surface area (Å²) in [5.74, 6) is 0.450. The summed E-state index contributed by atoms with van der Waals surface area (Å²) in [6, 6.07) is 11.0. The fourth-order valence-corrected chi connectivity index (χ4v) is 3.54. The standard InChI is InChI=1S/C22H29N5O3/c1-15(2)23-22(29)26(4)14-21(28)27-19(16-9-6-7-11-20(16)30-5)13-17(24-27)18-10-8-12-25(18)3/h6-12,15,19H,13-14H2,1-5H3,(H,23,29). The van der Waals surface area contributed by atoms with Crippen LogP contribution < -0.4 is 10.1 Å². The van der Waals surface area contributed by atoms with Crippen LogP contribution in [0.1, 0.15) is 37.6 Å². The van der Waals surface area contributed by atoms with E-state index >= 15 is 0 Å². The third-order valence-electron chi connectivity index (χ3n) is 5.03. The number of methoxy groups -OCH3 is 1. The number of urea groups is 1. The van der Waals surface area contributed by atoms with Crippen LogP contribution in [0.4, 0.5) is 4.79 Å². The van der Waals surface area contributed by atoms with Gasteiger partial charge in [0, 0.05) is 38.3 Å². The fourth-order valence-electron chi connectivity index (χ4n) is 3.54. The lowest BCUT2D eigenvalue weighted by Gasteiger charge is -2.26. The molecular weight excluding hydrogens is 382 g/mol. The van der Waals surface area contributed by atoms with Gasteiger partial charge in [-0.2, -0.15) is 5.10 Å². The third-order valence-corrected chi connectivity index (χ3v) is 5.03. The van der Waals surface area contributed by atoms with Crippen LogP contribution in [0.2, 0.25) is 0 Å². The van der Waals surface area contributed by atoms with Gasteiger partial charge in [0.05, 0.1) is 24.6 Å². The lowest BCUT2D eigenvalue weighted by Crippen LogP contribution is -2.45. The zero-order chi connectivity index (χ0) is 21.8. The number of hydrazone groups is 1. The molecule has 3 amide bonds. The lowest BCUT2D eigenvalue weighted by molar-refractivity contribution is -0.133. The van der Waals surface area contributed by atoms with E-state index in [1.54, 1.807) is 14.2 Å². The predicted molar refractivity (Wildman–Crippen MR) is 115 cm³/mol. The maximum absolute atomic E-state index is 13.2. The van der Waals surface area contributed by atoms with E-state index < -0.39 is 0 Å². The van der Waals surface area contributed by atoms with Crippen molar-refractivity contribution in [1.82, 2.24) is 19.8 Å². The van der Waals surface area contributed by atoms with Gasteiger partial charge in [-0.1, -0.05) is 18.2 Å². The highest BCUT2D eigenvalue weighted by Gasteiger charge is 2.36. The van der Waals surface area contributed by atoms with Gasteiger partial charge in [0.2, 0.25) is 0 Å². The molecule has 8 nitrogen and oxygen atoms in total. The van der Waals surface area contributed by atoms with Crippen LogP contribution in [0, 0.1) is 0 Å². The Morgan fingerprint density at radius 2 is 2.00 bits per heavy atom. The maximum Gasteiger partial charge on any atom is 0.317 e. The summed E-state index contributed by atoms with van der Waals surface area (Å²) in [7, 11) is 5.17. The minimum atomic E-state index is -0.305. The van der Waals surface area contributed by atoms with E-state index in [2.05, 4.69) is 10.4 Å². The monoisotopic (exact) mass is 411 g/mol. The van der Waals surface area contributed by atoms with Gasteiger partial charge in [0.15, 0.2) is 0 Å². The number of para-hydroxylation sites is 1. The van der Waals surface area contributed by atoms with Crippen molar-refractivity contribution in [3.63, 3.8) is 0 Å². The molecule has 1 atom stereocenters. The van der Waals surface area contributed by atoms with Crippen LogP contribution in [0.15, 0.2) is 47.7 Å². The molecule has 2 heterocycles. The number of benzene rings is 1. The van der Waals surface area contributed by atoms with Gasteiger partial charge < -0.3 is 19.5 Å². The van der Waals surface area contributed by atoms with Crippen molar-refractivity contribution >= 4 is 17.6 Å². The van der Waals surface area contributed by atoms with Crippen molar-refractivity contribution in [1.29, 1.82) is 0 Å². The number of nitrogens with one attached hydrogen (secondary N) is 1. The van der Waals surface area contributed by atoms with E-state index in [-0.39, 0.29) is 30.6 Å². The number of hydrogen-bond donors (Lipinski definition) is 1. The second-order valence-electron chi connectivity index (χ2n) is 7.71. The summed E-state index contributed by atoms with van der Waals surface area (Å²) in [5, 5.41) is 8.94. The molecule has 0 radical (unpaired) electrons. The number of likely N-dealkylation sites (N-methyl/N-ethyl adjacent to an activating group) is 1. The third kappa shape index (κ3) is 4.48. The molecule has 30 heavy (non-hydrogen) atoms. The van der Waals surface area contributed by atoms with Crippen molar-refractivity contribution in [3.8, 4) is 5.75 Å². The predicted octanol–water partition coefficient (Wildman–Crippen LogP) is 2.76. The number of ether oxygens (including phenoxy) is 1. The van der Waals surface area contributed by atoms with Gasteiger partial charge in [0.25, 0.3) is 5.91 Å². The zero-order valence-corrected chi connectivity index (χ0v) is 18.1. The normalized spacial score (nSPS) is 15.9. The van der Waals surface area contributed by atoms with Crippen LogP contribution in [0.5, 0.6) is 5.75 Å². The van der Waals surface area contributed by atoms with Crippen molar-refractivity contribution < 1.29 is 14.3 Å². The summed E-state index contributed by atoms with van der Waals surface area (Å²) < 4.78 is 7.51. The molecular formula is C22H29N5O3. The molecule has 1 aromatic carbocycles.